The largest absolute Gasteiger partial charge is 0.457 e. The maximum atomic E-state index is 12.7. The number of aryl methyl sites for hydroxylation is 1. The lowest BCUT2D eigenvalue weighted by molar-refractivity contribution is 0.102. The molecule has 3 aromatic carbocycles. The number of fused-ring (bicyclic) bond motifs is 1. The van der Waals surface area contributed by atoms with Gasteiger partial charge in [-0.05, 0) is 82.6 Å². The minimum atomic E-state index is -0.301. The Bertz CT molecular complexity index is 1590. The summed E-state index contributed by atoms with van der Waals surface area (Å²) in [6, 6.07) is 25.0. The van der Waals surface area contributed by atoms with Gasteiger partial charge in [-0.2, -0.15) is 0 Å². The molecule has 0 fully saturated rings. The molecule has 0 spiro atoms. The van der Waals surface area contributed by atoms with Crippen LogP contribution in [0, 0.1) is 3.57 Å². The van der Waals surface area contributed by atoms with E-state index < -0.39 is 0 Å². The lowest BCUT2D eigenvalue weighted by atomic mass is 10.0. The molecular formula is C29H26IN5O2. The molecular weight excluding hydrogens is 577 g/mol. The first kappa shape index (κ1) is 24.8. The molecule has 2 aromatic heterocycles. The van der Waals surface area contributed by atoms with E-state index in [1.807, 2.05) is 60.1 Å². The van der Waals surface area contributed by atoms with Crippen molar-refractivity contribution in [3.8, 4) is 11.5 Å². The number of nitrogens with zero attached hydrogens (tertiary/aromatic N) is 3. The predicted octanol–water partition coefficient (Wildman–Crippen LogP) is 7.48. The van der Waals surface area contributed by atoms with Crippen LogP contribution in [0.15, 0.2) is 85.1 Å². The smallest absolute Gasteiger partial charge is 0.274 e. The number of rotatable bonds is 7. The number of imidazole rings is 1. The van der Waals surface area contributed by atoms with Crippen LogP contribution >= 0.6 is 22.6 Å². The fourth-order valence-electron chi connectivity index (χ4n) is 3.96. The van der Waals surface area contributed by atoms with Crippen molar-refractivity contribution in [2.24, 2.45) is 7.05 Å². The number of halogens is 1. The molecule has 5 aromatic rings. The number of amides is 1. The maximum Gasteiger partial charge on any atom is 0.274 e. The van der Waals surface area contributed by atoms with Gasteiger partial charge in [0.1, 0.15) is 17.2 Å². The quantitative estimate of drug-likeness (QED) is 0.189. The summed E-state index contributed by atoms with van der Waals surface area (Å²) in [4.78, 5) is 21.7. The molecule has 37 heavy (non-hydrogen) atoms. The SMILES string of the molecule is CC(C)c1cccc(Nc2nc3cc(Oc4ccnc(C(=O)Nc5cccc(I)c5)c4)ccc3n2C)c1. The molecule has 0 bridgehead atoms. The molecule has 0 saturated heterocycles. The summed E-state index contributed by atoms with van der Waals surface area (Å²) in [6.07, 6.45) is 1.56. The van der Waals surface area contributed by atoms with Crippen molar-refractivity contribution in [2.45, 2.75) is 19.8 Å². The van der Waals surface area contributed by atoms with E-state index in [2.05, 4.69) is 70.3 Å². The lowest BCUT2D eigenvalue weighted by Crippen LogP contribution is -2.13. The minimum absolute atomic E-state index is 0.269. The summed E-state index contributed by atoms with van der Waals surface area (Å²) >= 11 is 2.21. The molecule has 2 N–H and O–H groups in total. The second-order valence-electron chi connectivity index (χ2n) is 8.99. The molecule has 0 aliphatic heterocycles. The monoisotopic (exact) mass is 603 g/mol. The first-order chi connectivity index (χ1) is 17.9. The van der Waals surface area contributed by atoms with E-state index in [1.165, 1.54) is 5.56 Å². The third-order valence-corrected chi connectivity index (χ3v) is 6.61. The van der Waals surface area contributed by atoms with Gasteiger partial charge < -0.3 is 19.9 Å². The van der Waals surface area contributed by atoms with Crippen LogP contribution in [0.5, 0.6) is 11.5 Å². The standard InChI is InChI=1S/C29H26IN5O2/c1-18(2)19-6-4-8-21(14-19)33-29-34-25-16-23(10-11-27(25)35(29)3)37-24-12-13-31-26(17-24)28(36)32-22-9-5-7-20(30)15-22/h4-18H,1-3H3,(H,32,36)(H,33,34). The second kappa shape index (κ2) is 10.6. The van der Waals surface area contributed by atoms with Gasteiger partial charge in [0.25, 0.3) is 5.91 Å². The Kier molecular flexibility index (Phi) is 7.09. The molecule has 1 amide bonds. The van der Waals surface area contributed by atoms with Crippen molar-refractivity contribution in [3.63, 3.8) is 0 Å². The number of carbonyl (C=O) groups is 1. The number of hydrogen-bond acceptors (Lipinski definition) is 5. The topological polar surface area (TPSA) is 81.1 Å². The summed E-state index contributed by atoms with van der Waals surface area (Å²) < 4.78 is 9.11. The van der Waals surface area contributed by atoms with Crippen molar-refractivity contribution in [1.82, 2.24) is 14.5 Å². The van der Waals surface area contributed by atoms with Crippen molar-refractivity contribution in [3.05, 3.63) is 99.9 Å². The highest BCUT2D eigenvalue weighted by atomic mass is 127. The number of hydrogen-bond donors (Lipinski definition) is 2. The highest BCUT2D eigenvalue weighted by Gasteiger charge is 2.12. The average molecular weight is 603 g/mol. The van der Waals surface area contributed by atoms with Crippen LogP contribution in [-0.2, 0) is 7.05 Å². The van der Waals surface area contributed by atoms with Gasteiger partial charge in [-0.3, -0.25) is 9.78 Å². The van der Waals surface area contributed by atoms with Crippen LogP contribution in [0.2, 0.25) is 0 Å². The third kappa shape index (κ3) is 5.75. The molecule has 0 aliphatic rings. The Morgan fingerprint density at radius 3 is 2.54 bits per heavy atom. The molecule has 0 saturated carbocycles. The zero-order valence-electron chi connectivity index (χ0n) is 20.7. The summed E-state index contributed by atoms with van der Waals surface area (Å²) in [5.74, 6) is 2.02. The van der Waals surface area contributed by atoms with E-state index in [0.717, 1.165) is 26.2 Å². The van der Waals surface area contributed by atoms with E-state index >= 15 is 0 Å². The first-order valence-corrected chi connectivity index (χ1v) is 13.0. The summed E-state index contributed by atoms with van der Waals surface area (Å²) in [7, 11) is 1.98. The van der Waals surface area contributed by atoms with Gasteiger partial charge in [0, 0.05) is 40.3 Å². The van der Waals surface area contributed by atoms with Crippen molar-refractivity contribution in [2.75, 3.05) is 10.6 Å². The van der Waals surface area contributed by atoms with Crippen molar-refractivity contribution in [1.29, 1.82) is 0 Å². The van der Waals surface area contributed by atoms with Gasteiger partial charge in [0.15, 0.2) is 0 Å². The number of pyridine rings is 1. The van der Waals surface area contributed by atoms with Crippen LogP contribution in [0.4, 0.5) is 17.3 Å². The molecule has 0 aliphatic carbocycles. The third-order valence-electron chi connectivity index (χ3n) is 5.94. The van der Waals surface area contributed by atoms with E-state index in [4.69, 9.17) is 9.72 Å². The Labute approximate surface area is 229 Å². The van der Waals surface area contributed by atoms with Crippen LogP contribution in [0.25, 0.3) is 11.0 Å². The molecule has 8 heteroatoms. The Hall–Kier alpha value is -3.92. The number of ether oxygens (including phenoxy) is 1. The fourth-order valence-corrected chi connectivity index (χ4v) is 4.50. The minimum Gasteiger partial charge on any atom is -0.457 e. The van der Waals surface area contributed by atoms with Gasteiger partial charge in [-0.1, -0.05) is 32.0 Å². The number of anilines is 3. The Morgan fingerprint density at radius 1 is 0.946 bits per heavy atom. The second-order valence-corrected chi connectivity index (χ2v) is 10.2. The number of nitrogens with one attached hydrogen (secondary N) is 2. The van der Waals surface area contributed by atoms with Gasteiger partial charge >= 0.3 is 0 Å². The maximum absolute atomic E-state index is 12.7. The molecule has 5 rings (SSSR count). The van der Waals surface area contributed by atoms with E-state index in [-0.39, 0.29) is 11.6 Å². The highest BCUT2D eigenvalue weighted by molar-refractivity contribution is 14.1. The average Bonchev–Trinajstić information content (AvgIpc) is 3.18. The van der Waals surface area contributed by atoms with E-state index in [9.17, 15) is 4.79 Å². The van der Waals surface area contributed by atoms with Crippen molar-refractivity contribution < 1.29 is 9.53 Å². The lowest BCUT2D eigenvalue weighted by Gasteiger charge is -2.10. The number of carbonyl (C=O) groups excluding carboxylic acids is 1. The van der Waals surface area contributed by atoms with Crippen LogP contribution in [0.1, 0.15) is 35.8 Å². The zero-order chi connectivity index (χ0) is 25.9. The Balaban J connectivity index is 1.33. The van der Waals surface area contributed by atoms with E-state index in [1.54, 1.807) is 18.3 Å². The van der Waals surface area contributed by atoms with Gasteiger partial charge in [0.05, 0.1) is 11.0 Å². The van der Waals surface area contributed by atoms with Crippen molar-refractivity contribution >= 4 is 56.9 Å². The normalized spacial score (nSPS) is 11.1. The van der Waals surface area contributed by atoms with Crippen LogP contribution < -0.4 is 15.4 Å². The van der Waals surface area contributed by atoms with Gasteiger partial charge in [-0.25, -0.2) is 4.98 Å². The molecule has 186 valence electrons. The number of aromatic nitrogens is 3. The molecule has 0 radical (unpaired) electrons. The highest BCUT2D eigenvalue weighted by Crippen LogP contribution is 2.29. The number of benzene rings is 3. The van der Waals surface area contributed by atoms with Crippen LogP contribution in [-0.4, -0.2) is 20.4 Å². The Morgan fingerprint density at radius 2 is 1.73 bits per heavy atom. The fraction of sp³-hybridized carbons (Fsp3) is 0.138. The first-order valence-electron chi connectivity index (χ1n) is 11.9. The van der Waals surface area contributed by atoms with Crippen LogP contribution in [0.3, 0.4) is 0 Å². The van der Waals surface area contributed by atoms with E-state index in [0.29, 0.717) is 23.1 Å². The summed E-state index contributed by atoms with van der Waals surface area (Å²) in [6.45, 7) is 4.36. The molecule has 0 unspecified atom stereocenters. The summed E-state index contributed by atoms with van der Waals surface area (Å²) in [5, 5.41) is 6.30. The molecule has 7 nitrogen and oxygen atoms in total. The molecule has 0 atom stereocenters. The zero-order valence-corrected chi connectivity index (χ0v) is 22.9. The predicted molar refractivity (Wildman–Crippen MR) is 156 cm³/mol. The van der Waals surface area contributed by atoms with Gasteiger partial charge in [-0.15, -0.1) is 0 Å². The molecule has 2 heterocycles. The summed E-state index contributed by atoms with van der Waals surface area (Å²) in [5.41, 5.74) is 5.02. The van der Waals surface area contributed by atoms with Gasteiger partial charge in [0.2, 0.25) is 5.95 Å².